The molecule has 2 aromatic rings. The highest BCUT2D eigenvalue weighted by Crippen LogP contribution is 2.17. The molecule has 0 aromatic heterocycles. The minimum Gasteiger partial charge on any atom is -0.342 e. The van der Waals surface area contributed by atoms with E-state index in [2.05, 4.69) is 15.6 Å². The average Bonchev–Trinajstić information content (AvgIpc) is 2.59. The highest BCUT2D eigenvalue weighted by molar-refractivity contribution is 6.04. The number of hydrogen-bond acceptors (Lipinski definition) is 5. The Labute approximate surface area is 145 Å². The zero-order valence-electron chi connectivity index (χ0n) is 14.0. The average molecular weight is 337 g/mol. The van der Waals surface area contributed by atoms with Crippen LogP contribution in [0.5, 0.6) is 0 Å². The zero-order chi connectivity index (χ0) is 17.8. The van der Waals surface area contributed by atoms with E-state index < -0.39 is 11.3 Å². The highest BCUT2D eigenvalue weighted by atomic mass is 16.7. The minimum atomic E-state index is -0.837. The normalized spacial score (nSPS) is 16.3. The van der Waals surface area contributed by atoms with Crippen molar-refractivity contribution < 1.29 is 5.03 Å². The fraction of sp³-hybridized carbons (Fsp3) is 0.167. The van der Waals surface area contributed by atoms with Crippen LogP contribution >= 0.6 is 0 Å². The van der Waals surface area contributed by atoms with Crippen LogP contribution in [0.4, 0.5) is 11.4 Å². The maximum atomic E-state index is 11.3. The van der Waals surface area contributed by atoms with E-state index in [1.807, 2.05) is 62.4 Å². The number of benzene rings is 2. The quantitative estimate of drug-likeness (QED) is 0.659. The lowest BCUT2D eigenvalue weighted by Gasteiger charge is -2.24. The highest BCUT2D eigenvalue weighted by Gasteiger charge is 2.27. The van der Waals surface area contributed by atoms with Crippen molar-refractivity contribution in [2.24, 2.45) is 4.99 Å². The van der Waals surface area contributed by atoms with Crippen LogP contribution in [0.15, 0.2) is 65.8 Å². The second-order valence-corrected chi connectivity index (χ2v) is 5.82. The molecule has 0 fully saturated rings. The van der Waals surface area contributed by atoms with E-state index in [-0.39, 0.29) is 0 Å². The molecule has 7 nitrogen and oxygen atoms in total. The molecule has 0 saturated heterocycles. The standard InChI is InChI=1S/C18H19N5O2/c1-13-3-7-15(8-4-13)19-17-11-12-22(23(24)25)18(21-17)20-16-9-5-14(2)6-10-16/h3-12,18,20H,1-2H3,(H,19,21). The van der Waals surface area contributed by atoms with Gasteiger partial charge in [-0.3, -0.25) is 0 Å². The molecule has 1 heterocycles. The van der Waals surface area contributed by atoms with Gasteiger partial charge in [0.1, 0.15) is 5.84 Å². The van der Waals surface area contributed by atoms with Crippen LogP contribution in [0.1, 0.15) is 11.1 Å². The topological polar surface area (TPSA) is 82.8 Å². The van der Waals surface area contributed by atoms with Gasteiger partial charge in [-0.1, -0.05) is 40.4 Å². The van der Waals surface area contributed by atoms with E-state index in [1.54, 1.807) is 6.08 Å². The van der Waals surface area contributed by atoms with Gasteiger partial charge in [-0.15, -0.1) is 0 Å². The third-order valence-electron chi connectivity index (χ3n) is 3.76. The van der Waals surface area contributed by atoms with E-state index in [0.717, 1.165) is 27.5 Å². The number of aryl methyl sites for hydroxylation is 2. The monoisotopic (exact) mass is 337 g/mol. The molecule has 0 radical (unpaired) electrons. The first kappa shape index (κ1) is 16.5. The van der Waals surface area contributed by atoms with Crippen molar-refractivity contribution in [2.75, 3.05) is 10.6 Å². The number of nitrogens with one attached hydrogen (secondary N) is 2. The van der Waals surface area contributed by atoms with Crippen molar-refractivity contribution in [1.29, 1.82) is 0 Å². The molecule has 128 valence electrons. The van der Waals surface area contributed by atoms with Crippen molar-refractivity contribution in [3.63, 3.8) is 0 Å². The molecule has 1 aliphatic rings. The summed E-state index contributed by atoms with van der Waals surface area (Å²) in [6.45, 7) is 4.00. The first-order valence-corrected chi connectivity index (χ1v) is 7.87. The predicted octanol–water partition coefficient (Wildman–Crippen LogP) is 3.53. The molecule has 1 aliphatic heterocycles. The van der Waals surface area contributed by atoms with Crippen LogP contribution in [0.25, 0.3) is 0 Å². The smallest absolute Gasteiger partial charge is 0.259 e. The maximum Gasteiger partial charge on any atom is 0.259 e. The summed E-state index contributed by atoms with van der Waals surface area (Å²) in [6, 6.07) is 15.5. The Bertz CT molecular complexity index is 812. The molecule has 0 saturated carbocycles. The van der Waals surface area contributed by atoms with Gasteiger partial charge in [0.05, 0.1) is 6.20 Å². The first-order chi connectivity index (χ1) is 12.0. The zero-order valence-corrected chi connectivity index (χ0v) is 14.0. The van der Waals surface area contributed by atoms with E-state index in [4.69, 9.17) is 0 Å². The molecular formula is C18H19N5O2. The third kappa shape index (κ3) is 4.14. The number of aliphatic imine (C=N–C) groups is 1. The summed E-state index contributed by atoms with van der Waals surface area (Å²) in [4.78, 5) is 15.7. The van der Waals surface area contributed by atoms with Gasteiger partial charge in [-0.2, -0.15) is 0 Å². The van der Waals surface area contributed by atoms with Gasteiger partial charge in [0.15, 0.2) is 5.03 Å². The van der Waals surface area contributed by atoms with Crippen LogP contribution in [0.2, 0.25) is 0 Å². The lowest BCUT2D eigenvalue weighted by molar-refractivity contribution is -0.646. The van der Waals surface area contributed by atoms with Crippen LogP contribution in [0, 0.1) is 24.0 Å². The summed E-state index contributed by atoms with van der Waals surface area (Å²) in [7, 11) is 0. The van der Waals surface area contributed by atoms with E-state index in [1.165, 1.54) is 6.20 Å². The summed E-state index contributed by atoms with van der Waals surface area (Å²) >= 11 is 0. The number of anilines is 2. The molecule has 3 rings (SSSR count). The second kappa shape index (κ2) is 7.04. The minimum absolute atomic E-state index is 0.492. The molecule has 1 atom stereocenters. The SMILES string of the molecule is Cc1ccc(NC2=NC(Nc3ccc(C)cc3)N([N+](=O)[O-])C=C2)cc1. The Kier molecular flexibility index (Phi) is 4.65. The van der Waals surface area contributed by atoms with Gasteiger partial charge in [-0.05, 0) is 38.1 Å². The molecule has 2 N–H and O–H groups in total. The van der Waals surface area contributed by atoms with Crippen molar-refractivity contribution >= 4 is 17.2 Å². The number of hydrogen-bond donors (Lipinski definition) is 2. The Balaban J connectivity index is 1.79. The van der Waals surface area contributed by atoms with E-state index in [9.17, 15) is 10.1 Å². The predicted molar refractivity (Wildman–Crippen MR) is 98.8 cm³/mol. The Hall–Kier alpha value is -3.35. The summed E-state index contributed by atoms with van der Waals surface area (Å²) in [5.74, 6) is 0.548. The molecule has 25 heavy (non-hydrogen) atoms. The fourth-order valence-corrected chi connectivity index (χ4v) is 2.36. The van der Waals surface area contributed by atoms with Crippen molar-refractivity contribution in [3.05, 3.63) is 82.0 Å². The number of nitro groups is 1. The third-order valence-corrected chi connectivity index (χ3v) is 3.76. The fourth-order valence-electron chi connectivity index (χ4n) is 2.36. The Morgan fingerprint density at radius 1 is 1.00 bits per heavy atom. The van der Waals surface area contributed by atoms with Crippen molar-refractivity contribution in [2.45, 2.75) is 20.1 Å². The number of nitrogens with zero attached hydrogens (tertiary/aromatic N) is 3. The Morgan fingerprint density at radius 3 is 2.12 bits per heavy atom. The molecule has 0 amide bonds. The summed E-state index contributed by atoms with van der Waals surface area (Å²) in [5.41, 5.74) is 3.91. The summed E-state index contributed by atoms with van der Waals surface area (Å²) in [6.07, 6.45) is 2.14. The molecule has 2 aromatic carbocycles. The number of hydrazine groups is 1. The van der Waals surface area contributed by atoms with Gasteiger partial charge in [0.2, 0.25) is 0 Å². The first-order valence-electron chi connectivity index (χ1n) is 7.87. The van der Waals surface area contributed by atoms with Crippen LogP contribution in [-0.2, 0) is 0 Å². The summed E-state index contributed by atoms with van der Waals surface area (Å²) in [5, 5.41) is 17.9. The second-order valence-electron chi connectivity index (χ2n) is 5.82. The van der Waals surface area contributed by atoms with Gasteiger partial charge in [-0.25, -0.2) is 15.1 Å². The van der Waals surface area contributed by atoms with Gasteiger partial charge in [0.25, 0.3) is 6.29 Å². The van der Waals surface area contributed by atoms with Crippen LogP contribution < -0.4 is 10.6 Å². The number of amidine groups is 1. The molecule has 0 bridgehead atoms. The number of rotatable bonds is 4. The Morgan fingerprint density at radius 2 is 1.56 bits per heavy atom. The largest absolute Gasteiger partial charge is 0.342 e. The maximum absolute atomic E-state index is 11.3. The van der Waals surface area contributed by atoms with Gasteiger partial charge < -0.3 is 10.6 Å². The molecular weight excluding hydrogens is 318 g/mol. The lowest BCUT2D eigenvalue weighted by atomic mass is 10.2. The van der Waals surface area contributed by atoms with Gasteiger partial charge >= 0.3 is 0 Å². The molecule has 0 aliphatic carbocycles. The molecule has 0 spiro atoms. The molecule has 7 heteroatoms. The summed E-state index contributed by atoms with van der Waals surface area (Å²) < 4.78 is 0. The van der Waals surface area contributed by atoms with E-state index >= 15 is 0 Å². The van der Waals surface area contributed by atoms with Gasteiger partial charge in [0, 0.05) is 17.5 Å². The van der Waals surface area contributed by atoms with Crippen molar-refractivity contribution in [1.82, 2.24) is 5.01 Å². The van der Waals surface area contributed by atoms with E-state index in [0.29, 0.717) is 5.84 Å². The lowest BCUT2D eigenvalue weighted by Crippen LogP contribution is -2.43. The molecule has 1 unspecified atom stereocenters. The van der Waals surface area contributed by atoms with Crippen LogP contribution in [-0.4, -0.2) is 22.2 Å². The van der Waals surface area contributed by atoms with Crippen LogP contribution in [0.3, 0.4) is 0 Å². The van der Waals surface area contributed by atoms with Crippen molar-refractivity contribution in [3.8, 4) is 0 Å².